The molecule has 0 saturated heterocycles. The zero-order valence-electron chi connectivity index (χ0n) is 21.1. The van der Waals surface area contributed by atoms with Crippen LogP contribution in [0.5, 0.6) is 0 Å². The molecule has 0 amide bonds. The summed E-state index contributed by atoms with van der Waals surface area (Å²) in [5, 5.41) is 22.6. The van der Waals surface area contributed by atoms with Gasteiger partial charge in [0.05, 0.1) is 18.3 Å². The van der Waals surface area contributed by atoms with E-state index >= 15 is 0 Å². The van der Waals surface area contributed by atoms with E-state index in [9.17, 15) is 10.2 Å². The van der Waals surface area contributed by atoms with Crippen molar-refractivity contribution in [3.8, 4) is 0 Å². The fraction of sp³-hybridized carbons (Fsp3) is 0.962. The summed E-state index contributed by atoms with van der Waals surface area (Å²) < 4.78 is 0. The van der Waals surface area contributed by atoms with Gasteiger partial charge in [-0.3, -0.25) is 4.99 Å². The minimum Gasteiger partial charge on any atom is -0.393 e. The van der Waals surface area contributed by atoms with Gasteiger partial charge >= 0.3 is 0 Å². The molecule has 4 aliphatic rings. The van der Waals surface area contributed by atoms with Crippen molar-refractivity contribution in [2.75, 3.05) is 13.2 Å². The third-order valence-corrected chi connectivity index (χ3v) is 10.7. The number of hydroxylamine groups is 1. The summed E-state index contributed by atoms with van der Waals surface area (Å²) in [7, 11) is 0. The SMILES string of the molecule is CC(NOCCCCN=C(N)N)[C@H]1CC[C@@]2(O)[C@@H]3CCC4CC(O)CC[C@]4(C)[C@H]3CC[C@]12C. The second kappa shape index (κ2) is 9.63. The van der Waals surface area contributed by atoms with E-state index in [4.69, 9.17) is 16.3 Å². The molecule has 0 spiro atoms. The molecule has 0 radical (unpaired) electrons. The smallest absolute Gasteiger partial charge is 0.185 e. The van der Waals surface area contributed by atoms with Crippen molar-refractivity contribution >= 4 is 5.96 Å². The Hall–Kier alpha value is -0.890. The lowest BCUT2D eigenvalue weighted by Gasteiger charge is -2.63. The first-order chi connectivity index (χ1) is 15.6. The maximum atomic E-state index is 12.3. The maximum Gasteiger partial charge on any atom is 0.185 e. The Morgan fingerprint density at radius 1 is 1.06 bits per heavy atom. The summed E-state index contributed by atoms with van der Waals surface area (Å²) in [4.78, 5) is 9.81. The number of unbranched alkanes of at least 4 members (excludes halogenated alkanes) is 1. The van der Waals surface area contributed by atoms with E-state index in [1.807, 2.05) is 0 Å². The summed E-state index contributed by atoms with van der Waals surface area (Å²) in [6, 6.07) is 0.204. The topological polar surface area (TPSA) is 126 Å². The molecule has 7 nitrogen and oxygen atoms in total. The highest BCUT2D eigenvalue weighted by Crippen LogP contribution is 2.69. The normalized spacial score (nSPS) is 45.5. The number of nitrogens with two attached hydrogens (primary N) is 2. The Morgan fingerprint density at radius 2 is 1.85 bits per heavy atom. The Bertz CT molecular complexity index is 716. The monoisotopic (exact) mass is 464 g/mol. The average molecular weight is 465 g/mol. The van der Waals surface area contributed by atoms with Gasteiger partial charge in [-0.05, 0) is 107 Å². The van der Waals surface area contributed by atoms with Crippen LogP contribution < -0.4 is 16.9 Å². The van der Waals surface area contributed by atoms with E-state index in [1.165, 1.54) is 6.42 Å². The Kier molecular flexibility index (Phi) is 7.36. The molecule has 0 bridgehead atoms. The Balaban J connectivity index is 1.36. The molecule has 190 valence electrons. The molecule has 7 heteroatoms. The predicted octanol–water partition coefficient (Wildman–Crippen LogP) is 3.08. The number of aliphatic imine (C=N–C) groups is 1. The molecule has 7 N–H and O–H groups in total. The number of guanidine groups is 1. The molecule has 0 aromatic carbocycles. The number of nitrogens with one attached hydrogen (secondary N) is 1. The maximum absolute atomic E-state index is 12.3. The highest BCUT2D eigenvalue weighted by Gasteiger charge is 2.67. The molecular weight excluding hydrogens is 416 g/mol. The van der Waals surface area contributed by atoms with Gasteiger partial charge in [-0.15, -0.1) is 0 Å². The second-order valence-electron chi connectivity index (χ2n) is 12.2. The first-order valence-corrected chi connectivity index (χ1v) is 13.4. The number of fused-ring (bicyclic) bond motifs is 5. The van der Waals surface area contributed by atoms with Crippen LogP contribution in [0.4, 0.5) is 0 Å². The van der Waals surface area contributed by atoms with Crippen LogP contribution >= 0.6 is 0 Å². The van der Waals surface area contributed by atoms with Crippen LogP contribution in [0.25, 0.3) is 0 Å². The minimum absolute atomic E-state index is 0.0747. The third kappa shape index (κ3) is 4.43. The molecule has 33 heavy (non-hydrogen) atoms. The lowest BCUT2D eigenvalue weighted by Crippen LogP contribution is -2.63. The predicted molar refractivity (Wildman–Crippen MR) is 131 cm³/mol. The summed E-state index contributed by atoms with van der Waals surface area (Å²) in [6.07, 6.45) is 11.2. The summed E-state index contributed by atoms with van der Waals surface area (Å²) in [5.74, 6) is 2.15. The van der Waals surface area contributed by atoms with Crippen LogP contribution in [0.15, 0.2) is 4.99 Å². The lowest BCUT2D eigenvalue weighted by atomic mass is 9.43. The van der Waals surface area contributed by atoms with Crippen molar-refractivity contribution in [1.29, 1.82) is 0 Å². The van der Waals surface area contributed by atoms with Crippen molar-refractivity contribution < 1.29 is 15.1 Å². The van der Waals surface area contributed by atoms with Crippen molar-refractivity contribution in [1.82, 2.24) is 5.48 Å². The minimum atomic E-state index is -0.583. The van der Waals surface area contributed by atoms with Crippen molar-refractivity contribution in [2.45, 2.75) is 109 Å². The highest BCUT2D eigenvalue weighted by atomic mass is 16.6. The van der Waals surface area contributed by atoms with Gasteiger partial charge in [0.15, 0.2) is 5.96 Å². The van der Waals surface area contributed by atoms with Crippen LogP contribution in [0.3, 0.4) is 0 Å². The molecule has 4 aliphatic carbocycles. The number of aliphatic hydroxyl groups is 2. The molecular formula is C26H48N4O3. The number of aliphatic hydroxyl groups excluding tert-OH is 1. The quantitative estimate of drug-likeness (QED) is 0.163. The van der Waals surface area contributed by atoms with Crippen LogP contribution in [-0.4, -0.2) is 47.1 Å². The molecule has 4 fully saturated rings. The fourth-order valence-corrected chi connectivity index (χ4v) is 8.81. The Labute approximate surface area is 200 Å². The molecule has 4 saturated carbocycles. The zero-order chi connectivity index (χ0) is 23.9. The van der Waals surface area contributed by atoms with Crippen molar-refractivity contribution in [3.63, 3.8) is 0 Å². The van der Waals surface area contributed by atoms with Crippen molar-refractivity contribution in [3.05, 3.63) is 0 Å². The molecule has 0 aromatic rings. The molecule has 0 heterocycles. The van der Waals surface area contributed by atoms with Gasteiger partial charge in [0.25, 0.3) is 0 Å². The van der Waals surface area contributed by atoms with E-state index in [0.29, 0.717) is 36.8 Å². The average Bonchev–Trinajstić information content (AvgIpc) is 3.04. The van der Waals surface area contributed by atoms with Crippen molar-refractivity contribution in [2.24, 2.45) is 51.0 Å². The standard InChI is InChI=1S/C26H48N4O3/c1-17(30-33-15-5-4-14-29-23(27)28)20-10-13-26(32)22-7-6-18-16-19(31)8-11-24(18,2)21(22)9-12-25(20,26)3/h17-22,30-32H,4-16H2,1-3H3,(H4,27,28,29)/t17?,18?,19?,20-,21+,22-,24+,25-,26-/m1/s1. The zero-order valence-corrected chi connectivity index (χ0v) is 21.1. The van der Waals surface area contributed by atoms with E-state index in [0.717, 1.165) is 64.2 Å². The third-order valence-electron chi connectivity index (χ3n) is 10.7. The van der Waals surface area contributed by atoms with E-state index in [-0.39, 0.29) is 28.9 Å². The van der Waals surface area contributed by atoms with Gasteiger partial charge in [0, 0.05) is 18.0 Å². The van der Waals surface area contributed by atoms with Crippen LogP contribution in [0.2, 0.25) is 0 Å². The molecule has 0 aliphatic heterocycles. The van der Waals surface area contributed by atoms with Crippen LogP contribution in [-0.2, 0) is 4.84 Å². The first-order valence-electron chi connectivity index (χ1n) is 13.4. The van der Waals surface area contributed by atoms with E-state index in [1.54, 1.807) is 0 Å². The van der Waals surface area contributed by atoms with Gasteiger partial charge in [0.1, 0.15) is 0 Å². The van der Waals surface area contributed by atoms with Gasteiger partial charge in [-0.1, -0.05) is 13.8 Å². The van der Waals surface area contributed by atoms with E-state index in [2.05, 4.69) is 31.2 Å². The number of nitrogens with zero attached hydrogens (tertiary/aromatic N) is 1. The summed E-state index contributed by atoms with van der Waals surface area (Å²) in [6.45, 7) is 8.32. The Morgan fingerprint density at radius 3 is 2.61 bits per heavy atom. The first kappa shape index (κ1) is 25.2. The lowest BCUT2D eigenvalue weighted by molar-refractivity contribution is -0.213. The highest BCUT2D eigenvalue weighted by molar-refractivity contribution is 5.75. The summed E-state index contributed by atoms with van der Waals surface area (Å²) >= 11 is 0. The van der Waals surface area contributed by atoms with Crippen LogP contribution in [0, 0.1) is 34.5 Å². The van der Waals surface area contributed by atoms with E-state index < -0.39 is 5.60 Å². The number of hydrogen-bond donors (Lipinski definition) is 5. The van der Waals surface area contributed by atoms with Gasteiger partial charge in [0.2, 0.25) is 0 Å². The number of rotatable bonds is 8. The second-order valence-corrected chi connectivity index (χ2v) is 12.2. The molecule has 0 aromatic heterocycles. The fourth-order valence-electron chi connectivity index (χ4n) is 8.81. The van der Waals surface area contributed by atoms with Gasteiger partial charge in [-0.2, -0.15) is 5.48 Å². The number of hydrogen-bond acceptors (Lipinski definition) is 5. The summed E-state index contributed by atoms with van der Waals surface area (Å²) in [5.41, 5.74) is 13.6. The van der Waals surface area contributed by atoms with Gasteiger partial charge in [-0.25, -0.2) is 0 Å². The van der Waals surface area contributed by atoms with Gasteiger partial charge < -0.3 is 26.5 Å². The largest absolute Gasteiger partial charge is 0.393 e. The molecule has 9 atom stereocenters. The van der Waals surface area contributed by atoms with Crippen LogP contribution in [0.1, 0.15) is 91.4 Å². The molecule has 3 unspecified atom stereocenters. The molecule has 4 rings (SSSR count).